The molecule has 1 saturated carbocycles. The Morgan fingerprint density at radius 3 is 2.67 bits per heavy atom. The number of nitrogens with one attached hydrogen (secondary N) is 1. The van der Waals surface area contributed by atoms with Crippen LogP contribution in [0.2, 0.25) is 0 Å². The molecule has 1 aromatic rings. The van der Waals surface area contributed by atoms with Crippen molar-refractivity contribution in [1.29, 1.82) is 0 Å². The molecule has 4 nitrogen and oxygen atoms in total. The molecule has 1 aliphatic rings. The van der Waals surface area contributed by atoms with Crippen molar-refractivity contribution in [3.63, 3.8) is 0 Å². The lowest BCUT2D eigenvalue weighted by molar-refractivity contribution is -0.126. The summed E-state index contributed by atoms with van der Waals surface area (Å²) in [6.45, 7) is 4.66. The number of amides is 1. The molecule has 0 bridgehead atoms. The molecule has 1 amide bonds. The second-order valence-corrected chi connectivity index (χ2v) is 6.20. The minimum Gasteiger partial charge on any atom is -0.350 e. The van der Waals surface area contributed by atoms with E-state index >= 15 is 0 Å². The fourth-order valence-electron chi connectivity index (χ4n) is 2.85. The van der Waals surface area contributed by atoms with E-state index < -0.39 is 5.54 Å². The molecule has 4 heteroatoms. The maximum absolute atomic E-state index is 12.2. The maximum atomic E-state index is 12.2. The third-order valence-corrected chi connectivity index (χ3v) is 4.38. The highest BCUT2D eigenvalue weighted by atomic mass is 16.2. The second-order valence-electron chi connectivity index (χ2n) is 6.20. The molecule has 2 rings (SSSR count). The molecule has 0 saturated heterocycles. The van der Waals surface area contributed by atoms with Crippen LogP contribution >= 0.6 is 0 Å². The first-order valence-electron chi connectivity index (χ1n) is 7.87. The summed E-state index contributed by atoms with van der Waals surface area (Å²) in [7, 11) is 2.10. The van der Waals surface area contributed by atoms with Crippen LogP contribution in [0.3, 0.4) is 0 Å². The van der Waals surface area contributed by atoms with Crippen molar-refractivity contribution < 1.29 is 4.79 Å². The van der Waals surface area contributed by atoms with E-state index in [-0.39, 0.29) is 5.91 Å². The van der Waals surface area contributed by atoms with E-state index in [0.717, 1.165) is 44.3 Å². The van der Waals surface area contributed by atoms with Crippen LogP contribution in [0.25, 0.3) is 0 Å². The van der Waals surface area contributed by atoms with Gasteiger partial charge in [-0.2, -0.15) is 0 Å². The number of nitrogens with two attached hydrogens (primary N) is 1. The highest BCUT2D eigenvalue weighted by molar-refractivity contribution is 5.86. The molecule has 0 radical (unpaired) electrons. The van der Waals surface area contributed by atoms with Crippen LogP contribution < -0.4 is 11.1 Å². The fourth-order valence-corrected chi connectivity index (χ4v) is 2.85. The molecule has 3 N–H and O–H groups in total. The zero-order valence-electron chi connectivity index (χ0n) is 13.2. The van der Waals surface area contributed by atoms with Crippen molar-refractivity contribution in [2.75, 3.05) is 13.6 Å². The Kier molecular flexibility index (Phi) is 5.37. The first kappa shape index (κ1) is 16.0. The van der Waals surface area contributed by atoms with Crippen molar-refractivity contribution in [3.05, 3.63) is 35.4 Å². The molecule has 21 heavy (non-hydrogen) atoms. The number of benzene rings is 1. The molecule has 0 atom stereocenters. The van der Waals surface area contributed by atoms with Gasteiger partial charge in [-0.1, -0.05) is 44.0 Å². The third-order valence-electron chi connectivity index (χ3n) is 4.38. The van der Waals surface area contributed by atoms with Gasteiger partial charge >= 0.3 is 0 Å². The van der Waals surface area contributed by atoms with Crippen molar-refractivity contribution in [3.8, 4) is 0 Å². The maximum Gasteiger partial charge on any atom is 0.240 e. The molecule has 1 fully saturated rings. The van der Waals surface area contributed by atoms with Crippen molar-refractivity contribution in [2.45, 2.75) is 51.2 Å². The number of carbonyl (C=O) groups is 1. The lowest BCUT2D eigenvalue weighted by atomic mass is 9.98. The second kappa shape index (κ2) is 7.05. The topological polar surface area (TPSA) is 58.4 Å². The minimum atomic E-state index is -0.639. The van der Waals surface area contributed by atoms with E-state index in [1.54, 1.807) is 0 Å². The summed E-state index contributed by atoms with van der Waals surface area (Å²) in [4.78, 5) is 14.5. The summed E-state index contributed by atoms with van der Waals surface area (Å²) in [6, 6.07) is 8.38. The highest BCUT2D eigenvalue weighted by Gasteiger charge is 2.36. The van der Waals surface area contributed by atoms with Gasteiger partial charge in [0.25, 0.3) is 0 Å². The van der Waals surface area contributed by atoms with E-state index in [4.69, 9.17) is 5.73 Å². The predicted molar refractivity (Wildman–Crippen MR) is 85.7 cm³/mol. The van der Waals surface area contributed by atoms with Crippen LogP contribution in [0, 0.1) is 0 Å². The minimum absolute atomic E-state index is 0.00363. The Morgan fingerprint density at radius 1 is 1.33 bits per heavy atom. The van der Waals surface area contributed by atoms with Gasteiger partial charge in [0.05, 0.1) is 5.54 Å². The van der Waals surface area contributed by atoms with Crippen LogP contribution in [-0.4, -0.2) is 29.9 Å². The SMILES string of the molecule is CCN(C)Cc1cccc(CNC(=O)C2(N)CCCC2)c1. The lowest BCUT2D eigenvalue weighted by Crippen LogP contribution is -2.51. The third kappa shape index (κ3) is 4.29. The quantitative estimate of drug-likeness (QED) is 0.842. The number of nitrogens with zero attached hydrogens (tertiary/aromatic N) is 1. The van der Waals surface area contributed by atoms with Gasteiger partial charge in [0.1, 0.15) is 0 Å². The Labute approximate surface area is 127 Å². The molecule has 0 aromatic heterocycles. The number of carbonyl (C=O) groups excluding carboxylic acids is 1. The molecule has 0 spiro atoms. The molecular weight excluding hydrogens is 262 g/mol. The van der Waals surface area contributed by atoms with E-state index in [9.17, 15) is 4.79 Å². The van der Waals surface area contributed by atoms with E-state index in [2.05, 4.69) is 36.3 Å². The highest BCUT2D eigenvalue weighted by Crippen LogP contribution is 2.27. The van der Waals surface area contributed by atoms with E-state index in [1.807, 2.05) is 12.1 Å². The normalized spacial score (nSPS) is 17.1. The number of rotatable bonds is 6. The molecule has 0 unspecified atom stereocenters. The van der Waals surface area contributed by atoms with E-state index in [1.165, 1.54) is 5.56 Å². The van der Waals surface area contributed by atoms with Gasteiger partial charge in [-0.05, 0) is 37.6 Å². The van der Waals surface area contributed by atoms with E-state index in [0.29, 0.717) is 6.54 Å². The van der Waals surface area contributed by atoms with Gasteiger partial charge in [0, 0.05) is 13.1 Å². The number of hydrogen-bond acceptors (Lipinski definition) is 3. The summed E-state index contributed by atoms with van der Waals surface area (Å²) in [5.74, 6) is -0.00363. The Balaban J connectivity index is 1.91. The van der Waals surface area contributed by atoms with Gasteiger partial charge in [0.2, 0.25) is 5.91 Å². The first-order valence-corrected chi connectivity index (χ1v) is 7.87. The summed E-state index contributed by atoms with van der Waals surface area (Å²) in [5.41, 5.74) is 7.93. The van der Waals surface area contributed by atoms with Crippen LogP contribution in [0.5, 0.6) is 0 Å². The molecule has 0 heterocycles. The average Bonchev–Trinajstić information content (AvgIpc) is 2.93. The summed E-state index contributed by atoms with van der Waals surface area (Å²) < 4.78 is 0. The van der Waals surface area contributed by atoms with Crippen molar-refractivity contribution in [2.24, 2.45) is 5.73 Å². The van der Waals surface area contributed by atoms with Gasteiger partial charge in [0.15, 0.2) is 0 Å². The van der Waals surface area contributed by atoms with Crippen LogP contribution in [0.1, 0.15) is 43.7 Å². The molecule has 1 aromatic carbocycles. The van der Waals surface area contributed by atoms with Gasteiger partial charge in [-0.15, -0.1) is 0 Å². The molecule has 116 valence electrons. The van der Waals surface area contributed by atoms with Crippen molar-refractivity contribution in [1.82, 2.24) is 10.2 Å². The largest absolute Gasteiger partial charge is 0.350 e. The summed E-state index contributed by atoms with van der Waals surface area (Å²) in [5, 5.41) is 3.00. The number of hydrogen-bond donors (Lipinski definition) is 2. The predicted octanol–water partition coefficient (Wildman–Crippen LogP) is 2.03. The van der Waals surface area contributed by atoms with Crippen LogP contribution in [-0.2, 0) is 17.9 Å². The van der Waals surface area contributed by atoms with Gasteiger partial charge in [-0.3, -0.25) is 4.79 Å². The zero-order valence-corrected chi connectivity index (χ0v) is 13.2. The van der Waals surface area contributed by atoms with Crippen LogP contribution in [0.15, 0.2) is 24.3 Å². The zero-order chi connectivity index (χ0) is 15.3. The summed E-state index contributed by atoms with van der Waals surface area (Å²) in [6.07, 6.45) is 3.73. The van der Waals surface area contributed by atoms with Gasteiger partial charge < -0.3 is 16.0 Å². The average molecular weight is 289 g/mol. The Bertz CT molecular complexity index is 481. The monoisotopic (exact) mass is 289 g/mol. The molecule has 0 aliphatic heterocycles. The summed E-state index contributed by atoms with van der Waals surface area (Å²) >= 11 is 0. The van der Waals surface area contributed by atoms with Gasteiger partial charge in [-0.25, -0.2) is 0 Å². The Hall–Kier alpha value is -1.39. The fraction of sp³-hybridized carbons (Fsp3) is 0.588. The first-order chi connectivity index (χ1) is 10.0. The van der Waals surface area contributed by atoms with Crippen molar-refractivity contribution >= 4 is 5.91 Å². The lowest BCUT2D eigenvalue weighted by Gasteiger charge is -2.22. The van der Waals surface area contributed by atoms with Crippen LogP contribution in [0.4, 0.5) is 0 Å². The molecular formula is C17H27N3O. The molecule has 1 aliphatic carbocycles. The standard InChI is InChI=1S/C17H27N3O/c1-3-20(2)13-15-8-6-7-14(11-15)12-19-16(21)17(18)9-4-5-10-17/h6-8,11H,3-5,9-10,12-13,18H2,1-2H3,(H,19,21). The Morgan fingerprint density at radius 2 is 2.00 bits per heavy atom. The smallest absolute Gasteiger partial charge is 0.240 e.